The minimum atomic E-state index is -0.191. The molecule has 2 heterocycles. The Morgan fingerprint density at radius 2 is 2.00 bits per heavy atom. The van der Waals surface area contributed by atoms with E-state index >= 15 is 0 Å². The molecular formula is C18H21N3O3. The summed E-state index contributed by atoms with van der Waals surface area (Å²) in [5.41, 5.74) is 7.46. The smallest absolute Gasteiger partial charge is 0.314 e. The van der Waals surface area contributed by atoms with E-state index in [2.05, 4.69) is 10.3 Å². The molecule has 1 aliphatic rings. The molecule has 1 saturated heterocycles. The van der Waals surface area contributed by atoms with E-state index in [0.717, 1.165) is 31.5 Å². The van der Waals surface area contributed by atoms with Crippen molar-refractivity contribution in [2.75, 3.05) is 18.8 Å². The number of carbonyl (C=O) groups excluding carboxylic acids is 1. The third kappa shape index (κ3) is 4.23. The Labute approximate surface area is 141 Å². The second-order valence-corrected chi connectivity index (χ2v) is 5.76. The molecule has 0 aliphatic carbocycles. The predicted octanol–water partition coefficient (Wildman–Crippen LogP) is 2.15. The number of ether oxygens (including phenoxy) is 2. The van der Waals surface area contributed by atoms with Crippen LogP contribution in [-0.2, 0) is 11.4 Å². The molecule has 1 aromatic carbocycles. The standard InChI is InChI=1S/C18H21N3O3/c19-16-4-2-1-3-14(16)12-23-17-6-5-15(11-21-17)24-18(22)13-7-9-20-10-8-13/h1-6,11,13,20H,7-10,12,19H2. The first-order chi connectivity index (χ1) is 11.7. The van der Waals surface area contributed by atoms with Crippen molar-refractivity contribution in [1.29, 1.82) is 0 Å². The summed E-state index contributed by atoms with van der Waals surface area (Å²) in [6.07, 6.45) is 3.13. The van der Waals surface area contributed by atoms with Crippen molar-refractivity contribution < 1.29 is 14.3 Å². The molecule has 1 aliphatic heterocycles. The quantitative estimate of drug-likeness (QED) is 0.646. The van der Waals surface area contributed by atoms with Gasteiger partial charge in [0.25, 0.3) is 0 Å². The molecule has 0 saturated carbocycles. The van der Waals surface area contributed by atoms with Crippen molar-refractivity contribution in [3.05, 3.63) is 48.2 Å². The largest absolute Gasteiger partial charge is 0.473 e. The van der Waals surface area contributed by atoms with E-state index in [4.69, 9.17) is 15.2 Å². The summed E-state index contributed by atoms with van der Waals surface area (Å²) in [7, 11) is 0. The first-order valence-corrected chi connectivity index (χ1v) is 8.07. The summed E-state index contributed by atoms with van der Waals surface area (Å²) in [6.45, 7) is 2.05. The maximum absolute atomic E-state index is 12.1. The number of piperidine rings is 1. The summed E-state index contributed by atoms with van der Waals surface area (Å²) in [5, 5.41) is 3.23. The van der Waals surface area contributed by atoms with Gasteiger partial charge in [-0.05, 0) is 38.1 Å². The van der Waals surface area contributed by atoms with E-state index in [1.54, 1.807) is 12.1 Å². The van der Waals surface area contributed by atoms with Crippen LogP contribution >= 0.6 is 0 Å². The maximum Gasteiger partial charge on any atom is 0.314 e. The molecule has 0 unspecified atom stereocenters. The van der Waals surface area contributed by atoms with Gasteiger partial charge in [0.15, 0.2) is 0 Å². The SMILES string of the molecule is Nc1ccccc1COc1ccc(OC(=O)C2CCNCC2)cn1. The average Bonchev–Trinajstić information content (AvgIpc) is 2.63. The Hall–Kier alpha value is -2.60. The van der Waals surface area contributed by atoms with E-state index in [9.17, 15) is 4.79 Å². The lowest BCUT2D eigenvalue weighted by Crippen LogP contribution is -2.33. The second-order valence-electron chi connectivity index (χ2n) is 5.76. The molecule has 0 spiro atoms. The average molecular weight is 327 g/mol. The van der Waals surface area contributed by atoms with Gasteiger partial charge in [0.05, 0.1) is 12.1 Å². The third-order valence-electron chi connectivity index (χ3n) is 4.03. The molecule has 126 valence electrons. The molecule has 0 radical (unpaired) electrons. The minimum Gasteiger partial charge on any atom is -0.473 e. The molecule has 2 aromatic rings. The fraction of sp³-hybridized carbons (Fsp3) is 0.333. The summed E-state index contributed by atoms with van der Waals surface area (Å²) < 4.78 is 11.0. The summed E-state index contributed by atoms with van der Waals surface area (Å²) in [6, 6.07) is 10.9. The van der Waals surface area contributed by atoms with Crippen molar-refractivity contribution in [3.8, 4) is 11.6 Å². The summed E-state index contributed by atoms with van der Waals surface area (Å²) in [4.78, 5) is 16.2. The lowest BCUT2D eigenvalue weighted by molar-refractivity contribution is -0.139. The topological polar surface area (TPSA) is 86.5 Å². The van der Waals surface area contributed by atoms with E-state index < -0.39 is 0 Å². The lowest BCUT2D eigenvalue weighted by Gasteiger charge is -2.20. The van der Waals surface area contributed by atoms with Crippen LogP contribution in [-0.4, -0.2) is 24.0 Å². The zero-order valence-electron chi connectivity index (χ0n) is 13.4. The van der Waals surface area contributed by atoms with Crippen LogP contribution in [0.2, 0.25) is 0 Å². The molecule has 24 heavy (non-hydrogen) atoms. The van der Waals surface area contributed by atoms with Gasteiger partial charge < -0.3 is 20.5 Å². The van der Waals surface area contributed by atoms with Gasteiger partial charge in [0.1, 0.15) is 12.4 Å². The van der Waals surface area contributed by atoms with Gasteiger partial charge in [-0.15, -0.1) is 0 Å². The van der Waals surface area contributed by atoms with Gasteiger partial charge in [-0.1, -0.05) is 18.2 Å². The molecule has 0 amide bonds. The van der Waals surface area contributed by atoms with Crippen LogP contribution in [0.1, 0.15) is 18.4 Å². The number of benzene rings is 1. The Balaban J connectivity index is 1.53. The molecule has 0 bridgehead atoms. The number of hydrogen-bond donors (Lipinski definition) is 2. The van der Waals surface area contributed by atoms with Crippen LogP contribution in [0.5, 0.6) is 11.6 Å². The Bertz CT molecular complexity index is 682. The highest BCUT2D eigenvalue weighted by Crippen LogP contribution is 2.20. The molecule has 0 atom stereocenters. The van der Waals surface area contributed by atoms with E-state index in [1.807, 2.05) is 24.3 Å². The zero-order chi connectivity index (χ0) is 16.8. The molecule has 1 aromatic heterocycles. The van der Waals surface area contributed by atoms with Gasteiger partial charge >= 0.3 is 5.97 Å². The van der Waals surface area contributed by atoms with E-state index in [-0.39, 0.29) is 11.9 Å². The van der Waals surface area contributed by atoms with Crippen molar-refractivity contribution >= 4 is 11.7 Å². The monoisotopic (exact) mass is 327 g/mol. The van der Waals surface area contributed by atoms with Crippen LogP contribution < -0.4 is 20.5 Å². The molecular weight excluding hydrogens is 306 g/mol. The molecule has 6 heteroatoms. The van der Waals surface area contributed by atoms with Gasteiger partial charge in [-0.25, -0.2) is 4.98 Å². The van der Waals surface area contributed by atoms with Crippen LogP contribution in [0.25, 0.3) is 0 Å². The van der Waals surface area contributed by atoms with Crippen LogP contribution in [0.3, 0.4) is 0 Å². The molecule has 3 N–H and O–H groups in total. The number of para-hydroxylation sites is 1. The number of nitrogens with one attached hydrogen (secondary N) is 1. The third-order valence-corrected chi connectivity index (χ3v) is 4.03. The number of nitrogen functional groups attached to an aromatic ring is 1. The second kappa shape index (κ2) is 7.79. The van der Waals surface area contributed by atoms with Gasteiger partial charge in [-0.3, -0.25) is 4.79 Å². The number of esters is 1. The van der Waals surface area contributed by atoms with Crippen molar-refractivity contribution in [1.82, 2.24) is 10.3 Å². The highest BCUT2D eigenvalue weighted by molar-refractivity contribution is 5.75. The van der Waals surface area contributed by atoms with Gasteiger partial charge in [-0.2, -0.15) is 0 Å². The number of nitrogens with two attached hydrogens (primary N) is 1. The van der Waals surface area contributed by atoms with Gasteiger partial charge in [0.2, 0.25) is 5.88 Å². The highest BCUT2D eigenvalue weighted by atomic mass is 16.5. The van der Waals surface area contributed by atoms with Crippen molar-refractivity contribution in [2.24, 2.45) is 5.92 Å². The van der Waals surface area contributed by atoms with Crippen molar-refractivity contribution in [3.63, 3.8) is 0 Å². The minimum absolute atomic E-state index is 0.0387. The van der Waals surface area contributed by atoms with Crippen LogP contribution in [0.15, 0.2) is 42.6 Å². The van der Waals surface area contributed by atoms with Crippen LogP contribution in [0.4, 0.5) is 5.69 Å². The number of nitrogens with zero attached hydrogens (tertiary/aromatic N) is 1. The number of pyridine rings is 1. The normalized spacial score (nSPS) is 15.0. The highest BCUT2D eigenvalue weighted by Gasteiger charge is 2.22. The predicted molar refractivity (Wildman–Crippen MR) is 90.7 cm³/mol. The Morgan fingerprint density at radius 1 is 1.21 bits per heavy atom. The summed E-state index contributed by atoms with van der Waals surface area (Å²) in [5.74, 6) is 0.664. The Morgan fingerprint density at radius 3 is 2.71 bits per heavy atom. The number of aromatic nitrogens is 1. The van der Waals surface area contributed by atoms with Crippen molar-refractivity contribution in [2.45, 2.75) is 19.4 Å². The number of carbonyl (C=O) groups is 1. The number of anilines is 1. The fourth-order valence-electron chi connectivity index (χ4n) is 2.59. The molecule has 1 fully saturated rings. The zero-order valence-corrected chi connectivity index (χ0v) is 13.4. The summed E-state index contributed by atoms with van der Waals surface area (Å²) >= 11 is 0. The van der Waals surface area contributed by atoms with E-state index in [1.165, 1.54) is 6.20 Å². The first-order valence-electron chi connectivity index (χ1n) is 8.07. The molecule has 6 nitrogen and oxygen atoms in total. The number of rotatable bonds is 5. The fourth-order valence-corrected chi connectivity index (χ4v) is 2.59. The number of hydrogen-bond acceptors (Lipinski definition) is 6. The molecule has 3 rings (SSSR count). The van der Waals surface area contributed by atoms with E-state index in [0.29, 0.717) is 23.9 Å². The van der Waals surface area contributed by atoms with Gasteiger partial charge in [0, 0.05) is 17.3 Å². The lowest BCUT2D eigenvalue weighted by atomic mass is 9.99. The maximum atomic E-state index is 12.1. The van der Waals surface area contributed by atoms with Crippen LogP contribution in [0, 0.1) is 5.92 Å². The Kier molecular flexibility index (Phi) is 5.28. The first kappa shape index (κ1) is 16.3.